The number of nitrogens with one attached hydrogen (secondary N) is 1. The number of amides is 2. The van der Waals surface area contributed by atoms with Gasteiger partial charge >= 0.3 is 12.0 Å². The zero-order valence-corrected chi connectivity index (χ0v) is 22.5. The van der Waals surface area contributed by atoms with Gasteiger partial charge in [-0.05, 0) is 61.7 Å². The SMILES string of the molecule is CCCCCCCN(C(=O)NCCCCC)c1ccc(Sc2ccc(CC(=O)OCC)cc2)cc1. The van der Waals surface area contributed by atoms with Gasteiger partial charge in [-0.15, -0.1) is 0 Å². The summed E-state index contributed by atoms with van der Waals surface area (Å²) in [6, 6.07) is 16.2. The molecule has 2 aromatic carbocycles. The third kappa shape index (κ3) is 11.2. The van der Waals surface area contributed by atoms with E-state index in [9.17, 15) is 9.59 Å². The zero-order chi connectivity index (χ0) is 25.3. The van der Waals surface area contributed by atoms with Crippen LogP contribution < -0.4 is 10.2 Å². The first-order valence-corrected chi connectivity index (χ1v) is 14.0. The molecule has 0 aliphatic rings. The smallest absolute Gasteiger partial charge is 0.321 e. The summed E-state index contributed by atoms with van der Waals surface area (Å²) in [4.78, 5) is 28.7. The lowest BCUT2D eigenvalue weighted by Gasteiger charge is -2.23. The number of hydrogen-bond acceptors (Lipinski definition) is 4. The Labute approximate surface area is 216 Å². The lowest BCUT2D eigenvalue weighted by atomic mass is 10.1. The van der Waals surface area contributed by atoms with E-state index >= 15 is 0 Å². The van der Waals surface area contributed by atoms with Crippen LogP contribution in [0.15, 0.2) is 58.3 Å². The van der Waals surface area contributed by atoms with E-state index in [2.05, 4.69) is 31.3 Å². The predicted molar refractivity (Wildman–Crippen MR) is 146 cm³/mol. The van der Waals surface area contributed by atoms with Crippen molar-refractivity contribution in [2.75, 3.05) is 24.6 Å². The molecule has 0 radical (unpaired) electrons. The Balaban J connectivity index is 1.98. The van der Waals surface area contributed by atoms with Gasteiger partial charge in [0, 0.05) is 28.6 Å². The van der Waals surface area contributed by atoms with E-state index in [-0.39, 0.29) is 12.0 Å². The molecule has 0 unspecified atom stereocenters. The van der Waals surface area contributed by atoms with Crippen LogP contribution >= 0.6 is 11.8 Å². The molecule has 0 atom stereocenters. The first-order valence-electron chi connectivity index (χ1n) is 13.1. The molecule has 35 heavy (non-hydrogen) atoms. The van der Waals surface area contributed by atoms with E-state index < -0.39 is 0 Å². The molecule has 0 aromatic heterocycles. The minimum Gasteiger partial charge on any atom is -0.466 e. The number of carbonyl (C=O) groups is 2. The molecular weight excluding hydrogens is 456 g/mol. The third-order valence-corrected chi connectivity index (χ3v) is 6.76. The molecule has 5 nitrogen and oxygen atoms in total. The van der Waals surface area contributed by atoms with Gasteiger partial charge in [-0.2, -0.15) is 0 Å². The lowest BCUT2D eigenvalue weighted by molar-refractivity contribution is -0.142. The summed E-state index contributed by atoms with van der Waals surface area (Å²) in [6.45, 7) is 8.06. The molecule has 0 heterocycles. The van der Waals surface area contributed by atoms with Crippen molar-refractivity contribution >= 4 is 29.4 Å². The number of unbranched alkanes of at least 4 members (excludes halogenated alkanes) is 6. The van der Waals surface area contributed by atoms with Crippen molar-refractivity contribution in [3.8, 4) is 0 Å². The lowest BCUT2D eigenvalue weighted by Crippen LogP contribution is -2.41. The number of nitrogens with zero attached hydrogens (tertiary/aromatic N) is 1. The molecule has 0 fully saturated rings. The van der Waals surface area contributed by atoms with Crippen molar-refractivity contribution in [2.24, 2.45) is 0 Å². The number of rotatable bonds is 16. The van der Waals surface area contributed by atoms with Crippen molar-refractivity contribution in [3.63, 3.8) is 0 Å². The Morgan fingerprint density at radius 1 is 0.800 bits per heavy atom. The molecule has 0 aliphatic carbocycles. The van der Waals surface area contributed by atoms with Crippen LogP contribution in [0.2, 0.25) is 0 Å². The number of hydrogen-bond donors (Lipinski definition) is 1. The van der Waals surface area contributed by atoms with Gasteiger partial charge in [0.1, 0.15) is 0 Å². The van der Waals surface area contributed by atoms with Crippen molar-refractivity contribution in [3.05, 3.63) is 54.1 Å². The van der Waals surface area contributed by atoms with Crippen LogP contribution in [0, 0.1) is 0 Å². The zero-order valence-electron chi connectivity index (χ0n) is 21.7. The standard InChI is InChI=1S/C29H42N2O3S/c1-4-7-9-10-12-22-31(29(33)30-21-11-8-5-2)25-15-19-27(20-16-25)35-26-17-13-24(14-18-26)23-28(32)34-6-3/h13-20H,4-12,21-23H2,1-3H3,(H,30,33). The molecule has 6 heteroatoms. The second-order valence-corrected chi connectivity index (χ2v) is 9.87. The highest BCUT2D eigenvalue weighted by molar-refractivity contribution is 7.99. The predicted octanol–water partition coefficient (Wildman–Crippen LogP) is 7.62. The molecule has 2 aromatic rings. The fraction of sp³-hybridized carbons (Fsp3) is 0.517. The van der Waals surface area contributed by atoms with Crippen LogP contribution in [0.3, 0.4) is 0 Å². The van der Waals surface area contributed by atoms with E-state index in [0.717, 1.165) is 66.2 Å². The Hall–Kier alpha value is -2.47. The normalized spacial score (nSPS) is 10.7. The summed E-state index contributed by atoms with van der Waals surface area (Å²) in [7, 11) is 0. The highest BCUT2D eigenvalue weighted by Crippen LogP contribution is 2.30. The van der Waals surface area contributed by atoms with Crippen molar-refractivity contribution in [1.29, 1.82) is 0 Å². The fourth-order valence-corrected chi connectivity index (χ4v) is 4.59. The summed E-state index contributed by atoms with van der Waals surface area (Å²) < 4.78 is 5.02. The summed E-state index contributed by atoms with van der Waals surface area (Å²) in [6.07, 6.45) is 9.43. The maximum absolute atomic E-state index is 12.9. The summed E-state index contributed by atoms with van der Waals surface area (Å²) in [5.74, 6) is -0.201. The summed E-state index contributed by atoms with van der Waals surface area (Å²) >= 11 is 1.67. The molecule has 192 valence electrons. The van der Waals surface area contributed by atoms with Crippen molar-refractivity contribution < 1.29 is 14.3 Å². The largest absolute Gasteiger partial charge is 0.466 e. The maximum atomic E-state index is 12.9. The minimum absolute atomic E-state index is 0.00538. The van der Waals surface area contributed by atoms with Gasteiger partial charge in [-0.1, -0.05) is 76.3 Å². The van der Waals surface area contributed by atoms with Crippen LogP contribution in [-0.4, -0.2) is 31.7 Å². The van der Waals surface area contributed by atoms with E-state index in [1.807, 2.05) is 48.2 Å². The van der Waals surface area contributed by atoms with Crippen LogP contribution in [0.1, 0.15) is 77.7 Å². The second kappa shape index (κ2) is 17.0. The van der Waals surface area contributed by atoms with Gasteiger partial charge in [0.15, 0.2) is 0 Å². The first-order chi connectivity index (χ1) is 17.1. The Bertz CT molecular complexity index is 869. The van der Waals surface area contributed by atoms with Crippen LogP contribution in [-0.2, 0) is 16.0 Å². The molecular formula is C29H42N2O3S. The number of anilines is 1. The highest BCUT2D eigenvalue weighted by atomic mass is 32.2. The van der Waals surface area contributed by atoms with E-state index in [1.54, 1.807) is 11.8 Å². The average Bonchev–Trinajstić information content (AvgIpc) is 2.86. The van der Waals surface area contributed by atoms with E-state index in [1.165, 1.54) is 19.3 Å². The van der Waals surface area contributed by atoms with Gasteiger partial charge < -0.3 is 10.1 Å². The Morgan fingerprint density at radius 2 is 1.40 bits per heavy atom. The fourth-order valence-electron chi connectivity index (χ4n) is 3.77. The average molecular weight is 499 g/mol. The van der Waals surface area contributed by atoms with Gasteiger partial charge in [0.05, 0.1) is 13.0 Å². The maximum Gasteiger partial charge on any atom is 0.321 e. The number of esters is 1. The second-order valence-electron chi connectivity index (χ2n) is 8.73. The number of urea groups is 1. The van der Waals surface area contributed by atoms with E-state index in [0.29, 0.717) is 13.0 Å². The molecule has 1 N–H and O–H groups in total. The van der Waals surface area contributed by atoms with Gasteiger partial charge in [0.25, 0.3) is 0 Å². The van der Waals surface area contributed by atoms with Crippen LogP contribution in [0.4, 0.5) is 10.5 Å². The molecule has 0 saturated carbocycles. The van der Waals surface area contributed by atoms with Gasteiger partial charge in [-0.3, -0.25) is 9.69 Å². The number of ether oxygens (including phenoxy) is 1. The summed E-state index contributed by atoms with van der Waals surface area (Å²) in [5.41, 5.74) is 1.88. The first kappa shape index (κ1) is 28.8. The Morgan fingerprint density at radius 3 is 2.03 bits per heavy atom. The molecule has 0 saturated heterocycles. The molecule has 0 aliphatic heterocycles. The van der Waals surface area contributed by atoms with Crippen LogP contribution in [0.25, 0.3) is 0 Å². The molecule has 2 amide bonds. The third-order valence-electron chi connectivity index (χ3n) is 5.75. The number of carbonyl (C=O) groups excluding carboxylic acids is 2. The minimum atomic E-state index is -0.201. The monoisotopic (exact) mass is 498 g/mol. The quantitative estimate of drug-likeness (QED) is 0.191. The van der Waals surface area contributed by atoms with Crippen molar-refractivity contribution in [2.45, 2.75) is 88.3 Å². The van der Waals surface area contributed by atoms with Crippen LogP contribution in [0.5, 0.6) is 0 Å². The van der Waals surface area contributed by atoms with Crippen molar-refractivity contribution in [1.82, 2.24) is 5.32 Å². The highest BCUT2D eigenvalue weighted by Gasteiger charge is 2.15. The van der Waals surface area contributed by atoms with E-state index in [4.69, 9.17) is 4.74 Å². The molecule has 0 bridgehead atoms. The van der Waals surface area contributed by atoms with Gasteiger partial charge in [0.2, 0.25) is 0 Å². The molecule has 2 rings (SSSR count). The number of benzene rings is 2. The molecule has 0 spiro atoms. The Kier molecular flexibility index (Phi) is 14.0. The summed E-state index contributed by atoms with van der Waals surface area (Å²) in [5, 5.41) is 3.10. The van der Waals surface area contributed by atoms with Gasteiger partial charge in [-0.25, -0.2) is 4.79 Å². The topological polar surface area (TPSA) is 58.6 Å².